The van der Waals surface area contributed by atoms with Crippen molar-refractivity contribution in [1.29, 1.82) is 0 Å². The minimum Gasteiger partial charge on any atom is -0.409 e. The minimum atomic E-state index is -0.433. The minimum absolute atomic E-state index is 0.429. The molecule has 0 aromatic heterocycles. The third kappa shape index (κ3) is 5.97. The Labute approximate surface area is 156 Å². The molecule has 0 aliphatic heterocycles. The van der Waals surface area contributed by atoms with E-state index in [1.54, 1.807) is 0 Å². The van der Waals surface area contributed by atoms with Crippen LogP contribution >= 0.6 is 0 Å². The second-order valence-corrected chi connectivity index (χ2v) is 6.82. The van der Waals surface area contributed by atoms with E-state index in [9.17, 15) is 0 Å². The number of benzene rings is 1. The first-order valence-corrected chi connectivity index (χ1v) is 9.70. The van der Waals surface area contributed by atoms with Gasteiger partial charge in [-0.3, -0.25) is 5.32 Å². The number of anilines is 1. The SMILES string of the molecule is CCCCCNc1ccccc1/C(=C(/C)CC)C(NC1CC1)ON=[N+]=[N-]. The largest absolute Gasteiger partial charge is 0.409 e. The van der Waals surface area contributed by atoms with E-state index < -0.39 is 6.23 Å². The Morgan fingerprint density at radius 3 is 2.73 bits per heavy atom. The second-order valence-electron chi connectivity index (χ2n) is 6.82. The van der Waals surface area contributed by atoms with Crippen LogP contribution in [0, 0.1) is 0 Å². The van der Waals surface area contributed by atoms with Gasteiger partial charge in [0.25, 0.3) is 0 Å². The standard InChI is InChI=1S/C20H31N5O/c1-4-6-9-14-22-18-11-8-7-10-17(18)19(15(3)5-2)20(26-25-24-21)23-16-12-13-16/h7-8,10-11,16,20,22-23H,4-6,9,12-14H2,1-3H3/b19-15+. The number of azide groups is 1. The fourth-order valence-corrected chi connectivity index (χ4v) is 2.95. The highest BCUT2D eigenvalue weighted by molar-refractivity contribution is 5.80. The highest BCUT2D eigenvalue weighted by atomic mass is 16.7. The molecule has 2 rings (SSSR count). The van der Waals surface area contributed by atoms with Crippen molar-refractivity contribution >= 4 is 11.3 Å². The van der Waals surface area contributed by atoms with Crippen LogP contribution in [0.5, 0.6) is 0 Å². The third-order valence-electron chi connectivity index (χ3n) is 4.72. The first kappa shape index (κ1) is 20.1. The third-order valence-corrected chi connectivity index (χ3v) is 4.72. The molecule has 0 radical (unpaired) electrons. The van der Waals surface area contributed by atoms with Crippen LogP contribution in [0.15, 0.2) is 35.1 Å². The van der Waals surface area contributed by atoms with Gasteiger partial charge in [0.2, 0.25) is 0 Å². The second kappa shape index (κ2) is 10.7. The predicted molar refractivity (Wildman–Crippen MR) is 108 cm³/mol. The molecule has 1 fully saturated rings. The van der Waals surface area contributed by atoms with E-state index in [-0.39, 0.29) is 0 Å². The molecule has 2 N–H and O–H groups in total. The fourth-order valence-electron chi connectivity index (χ4n) is 2.95. The Morgan fingerprint density at radius 2 is 2.08 bits per heavy atom. The zero-order valence-electron chi connectivity index (χ0n) is 16.2. The van der Waals surface area contributed by atoms with Crippen molar-refractivity contribution in [2.24, 2.45) is 5.28 Å². The average molecular weight is 358 g/mol. The van der Waals surface area contributed by atoms with Gasteiger partial charge in [0.05, 0.1) is 0 Å². The molecule has 26 heavy (non-hydrogen) atoms. The monoisotopic (exact) mass is 357 g/mol. The van der Waals surface area contributed by atoms with Crippen LogP contribution < -0.4 is 10.6 Å². The summed E-state index contributed by atoms with van der Waals surface area (Å²) in [6.07, 6.45) is 6.31. The fraction of sp³-hybridized carbons (Fsp3) is 0.600. The molecule has 6 heteroatoms. The summed E-state index contributed by atoms with van der Waals surface area (Å²) >= 11 is 0. The van der Waals surface area contributed by atoms with Crippen molar-refractivity contribution in [3.05, 3.63) is 45.8 Å². The maximum Gasteiger partial charge on any atom is 0.185 e. The smallest absolute Gasteiger partial charge is 0.185 e. The summed E-state index contributed by atoms with van der Waals surface area (Å²) in [6.45, 7) is 7.40. The van der Waals surface area contributed by atoms with Gasteiger partial charge in [-0.25, -0.2) is 0 Å². The van der Waals surface area contributed by atoms with Crippen LogP contribution in [0.2, 0.25) is 0 Å². The average Bonchev–Trinajstić information content (AvgIpc) is 3.48. The van der Waals surface area contributed by atoms with Crippen molar-refractivity contribution in [2.75, 3.05) is 11.9 Å². The number of rotatable bonds is 12. The van der Waals surface area contributed by atoms with Gasteiger partial charge in [0, 0.05) is 34.3 Å². The maximum atomic E-state index is 8.71. The molecule has 142 valence electrons. The molecule has 0 bridgehead atoms. The van der Waals surface area contributed by atoms with E-state index in [0.717, 1.165) is 49.1 Å². The highest BCUT2D eigenvalue weighted by Crippen LogP contribution is 2.33. The van der Waals surface area contributed by atoms with Gasteiger partial charge in [0.15, 0.2) is 6.23 Å². The summed E-state index contributed by atoms with van der Waals surface area (Å²) in [5, 5.41) is 10.4. The summed E-state index contributed by atoms with van der Waals surface area (Å²) in [5.74, 6) is 0. The van der Waals surface area contributed by atoms with E-state index in [2.05, 4.69) is 53.7 Å². The number of hydrogen-bond acceptors (Lipinski definition) is 4. The number of nitrogens with one attached hydrogen (secondary N) is 2. The maximum absolute atomic E-state index is 8.71. The van der Waals surface area contributed by atoms with E-state index >= 15 is 0 Å². The Balaban J connectivity index is 2.31. The zero-order valence-corrected chi connectivity index (χ0v) is 16.2. The Bertz CT molecular complexity index is 647. The molecule has 1 aliphatic rings. The number of para-hydroxylation sites is 1. The molecule has 0 heterocycles. The predicted octanol–water partition coefficient (Wildman–Crippen LogP) is 5.79. The first-order valence-electron chi connectivity index (χ1n) is 9.70. The van der Waals surface area contributed by atoms with Crippen LogP contribution in [-0.2, 0) is 4.84 Å². The Kier molecular flexibility index (Phi) is 8.32. The lowest BCUT2D eigenvalue weighted by molar-refractivity contribution is 0.0689. The number of unbranched alkanes of at least 4 members (excludes halogenated alkanes) is 2. The Morgan fingerprint density at radius 1 is 1.31 bits per heavy atom. The van der Waals surface area contributed by atoms with E-state index in [1.165, 1.54) is 18.4 Å². The highest BCUT2D eigenvalue weighted by Gasteiger charge is 2.29. The molecule has 0 amide bonds. The number of allylic oxidation sites excluding steroid dienone is 1. The van der Waals surface area contributed by atoms with Crippen molar-refractivity contribution in [3.8, 4) is 0 Å². The van der Waals surface area contributed by atoms with Crippen LogP contribution in [0.3, 0.4) is 0 Å². The van der Waals surface area contributed by atoms with Crippen LogP contribution in [0.4, 0.5) is 5.69 Å². The summed E-state index contributed by atoms with van der Waals surface area (Å²) in [6, 6.07) is 8.72. The number of hydrogen-bond donors (Lipinski definition) is 2. The van der Waals surface area contributed by atoms with E-state index in [0.29, 0.717) is 6.04 Å². The van der Waals surface area contributed by atoms with Gasteiger partial charge < -0.3 is 10.2 Å². The van der Waals surface area contributed by atoms with Crippen LogP contribution in [-0.4, -0.2) is 18.8 Å². The van der Waals surface area contributed by atoms with Gasteiger partial charge in [0.1, 0.15) is 5.28 Å². The molecule has 1 unspecified atom stereocenters. The first-order chi connectivity index (χ1) is 12.7. The molecule has 1 saturated carbocycles. The van der Waals surface area contributed by atoms with E-state index in [1.807, 2.05) is 12.1 Å². The van der Waals surface area contributed by atoms with Crippen molar-refractivity contribution in [2.45, 2.75) is 71.6 Å². The summed E-state index contributed by atoms with van der Waals surface area (Å²) in [5.41, 5.74) is 13.2. The lowest BCUT2D eigenvalue weighted by Crippen LogP contribution is -2.34. The molecule has 1 atom stereocenters. The molecule has 6 nitrogen and oxygen atoms in total. The van der Waals surface area contributed by atoms with E-state index in [4.69, 9.17) is 10.4 Å². The van der Waals surface area contributed by atoms with Crippen LogP contribution in [0.1, 0.15) is 64.9 Å². The molecule has 0 spiro atoms. The van der Waals surface area contributed by atoms with Gasteiger partial charge >= 0.3 is 0 Å². The van der Waals surface area contributed by atoms with Gasteiger partial charge in [-0.05, 0) is 44.2 Å². The molecule has 1 aliphatic carbocycles. The normalized spacial score (nSPS) is 15.7. The topological polar surface area (TPSA) is 82.0 Å². The Hall–Kier alpha value is -2.17. The van der Waals surface area contributed by atoms with Crippen molar-refractivity contribution < 1.29 is 4.84 Å². The molecule has 1 aromatic carbocycles. The molecule has 1 aromatic rings. The van der Waals surface area contributed by atoms with Gasteiger partial charge in [-0.15, -0.1) is 0 Å². The molecule has 0 saturated heterocycles. The summed E-state index contributed by atoms with van der Waals surface area (Å²) in [7, 11) is 0. The summed E-state index contributed by atoms with van der Waals surface area (Å²) < 4.78 is 0. The van der Waals surface area contributed by atoms with Crippen molar-refractivity contribution in [1.82, 2.24) is 5.32 Å². The zero-order chi connectivity index (χ0) is 18.8. The lowest BCUT2D eigenvalue weighted by atomic mass is 9.95. The van der Waals surface area contributed by atoms with Crippen molar-refractivity contribution in [3.63, 3.8) is 0 Å². The quantitative estimate of drug-likeness (QED) is 0.124. The molecular formula is C20H31N5O. The summed E-state index contributed by atoms with van der Waals surface area (Å²) in [4.78, 5) is 8.27. The van der Waals surface area contributed by atoms with Crippen LogP contribution in [0.25, 0.3) is 16.0 Å². The van der Waals surface area contributed by atoms with Gasteiger partial charge in [-0.2, -0.15) is 0 Å². The molecular weight excluding hydrogens is 326 g/mol. The number of nitrogens with zero attached hydrogens (tertiary/aromatic N) is 3. The lowest BCUT2D eigenvalue weighted by Gasteiger charge is -2.25. The van der Waals surface area contributed by atoms with Gasteiger partial charge in [-0.1, -0.05) is 50.5 Å².